The van der Waals surface area contributed by atoms with Crippen LogP contribution in [0.5, 0.6) is 0 Å². The fourth-order valence-corrected chi connectivity index (χ4v) is 4.11. The van der Waals surface area contributed by atoms with Crippen LogP contribution in [0.4, 0.5) is 19.0 Å². The van der Waals surface area contributed by atoms with Gasteiger partial charge >= 0.3 is 6.18 Å². The Bertz CT molecular complexity index is 1110. The summed E-state index contributed by atoms with van der Waals surface area (Å²) < 4.78 is 42.5. The summed E-state index contributed by atoms with van der Waals surface area (Å²) in [6.45, 7) is 3.69. The number of hydrogen-bond acceptors (Lipinski definition) is 3. The van der Waals surface area contributed by atoms with Gasteiger partial charge in [-0.1, -0.05) is 71.8 Å². The highest BCUT2D eigenvalue weighted by atomic mass is 35.5. The number of anilines is 1. The summed E-state index contributed by atoms with van der Waals surface area (Å²) in [6.07, 6.45) is -4.82. The third kappa shape index (κ3) is 4.32. The number of carbonyl (C=O) groups is 1. The maximum absolute atomic E-state index is 13.9. The Morgan fingerprint density at radius 3 is 2.47 bits per heavy atom. The van der Waals surface area contributed by atoms with Crippen LogP contribution in [0, 0.1) is 6.92 Å². The van der Waals surface area contributed by atoms with E-state index in [0.29, 0.717) is 5.56 Å². The molecule has 1 aromatic heterocycles. The Balaban J connectivity index is 1.66. The summed E-state index contributed by atoms with van der Waals surface area (Å²) in [5, 5.41) is 9.66. The first-order valence-electron chi connectivity index (χ1n) is 10.2. The fourth-order valence-electron chi connectivity index (χ4n) is 3.84. The predicted molar refractivity (Wildman–Crippen MR) is 117 cm³/mol. The van der Waals surface area contributed by atoms with Crippen LogP contribution in [0.15, 0.2) is 54.6 Å². The number of aryl methyl sites for hydroxylation is 1. The third-order valence-electron chi connectivity index (χ3n) is 5.64. The Hall–Kier alpha value is -3.00. The average Bonchev–Trinajstić information content (AvgIpc) is 3.10. The average molecular weight is 463 g/mol. The molecule has 1 aliphatic heterocycles. The number of alkyl halides is 3. The smallest absolute Gasteiger partial charge is 0.362 e. The molecule has 0 aliphatic carbocycles. The lowest BCUT2D eigenvalue weighted by Crippen LogP contribution is -2.36. The highest BCUT2D eigenvalue weighted by molar-refractivity contribution is 6.36. The second-order valence-corrected chi connectivity index (χ2v) is 8.34. The summed E-state index contributed by atoms with van der Waals surface area (Å²) in [5.41, 5.74) is 2.32. The molecule has 4 rings (SSSR count). The minimum atomic E-state index is -4.56. The summed E-state index contributed by atoms with van der Waals surface area (Å²) in [7, 11) is 0. The van der Waals surface area contributed by atoms with E-state index in [1.165, 1.54) is 0 Å². The van der Waals surface area contributed by atoms with Gasteiger partial charge in [-0.25, -0.2) is 4.68 Å². The molecule has 0 bridgehead atoms. The van der Waals surface area contributed by atoms with E-state index in [1.807, 2.05) is 49.4 Å². The van der Waals surface area contributed by atoms with Crippen molar-refractivity contribution in [2.24, 2.45) is 0 Å². The summed E-state index contributed by atoms with van der Waals surface area (Å²) >= 11 is 6.39. The number of rotatable bonds is 4. The monoisotopic (exact) mass is 462 g/mol. The second kappa shape index (κ2) is 8.50. The highest BCUT2D eigenvalue weighted by Crippen LogP contribution is 2.46. The molecular formula is C23H22ClF3N4O. The molecule has 9 heteroatoms. The van der Waals surface area contributed by atoms with Crippen LogP contribution < -0.4 is 10.6 Å². The highest BCUT2D eigenvalue weighted by Gasteiger charge is 2.47. The van der Waals surface area contributed by atoms with E-state index >= 15 is 0 Å². The van der Waals surface area contributed by atoms with Crippen LogP contribution in [0.1, 0.15) is 58.6 Å². The Labute approximate surface area is 188 Å². The first-order valence-corrected chi connectivity index (χ1v) is 10.6. The van der Waals surface area contributed by atoms with Gasteiger partial charge in [0.15, 0.2) is 11.7 Å². The van der Waals surface area contributed by atoms with Crippen LogP contribution in [0.25, 0.3) is 0 Å². The van der Waals surface area contributed by atoms with Crippen molar-refractivity contribution >= 4 is 23.3 Å². The summed E-state index contributed by atoms with van der Waals surface area (Å²) in [6, 6.07) is 13.6. The van der Waals surface area contributed by atoms with Crippen LogP contribution >= 0.6 is 11.6 Å². The molecule has 32 heavy (non-hydrogen) atoms. The molecule has 3 atom stereocenters. The van der Waals surface area contributed by atoms with Crippen LogP contribution in [0.3, 0.4) is 0 Å². The van der Waals surface area contributed by atoms with Crippen LogP contribution in [0.2, 0.25) is 5.02 Å². The number of halogens is 4. The van der Waals surface area contributed by atoms with Crippen molar-refractivity contribution in [3.8, 4) is 0 Å². The molecule has 1 aliphatic rings. The first-order chi connectivity index (χ1) is 15.1. The molecule has 2 heterocycles. The van der Waals surface area contributed by atoms with Crippen LogP contribution in [-0.4, -0.2) is 21.9 Å². The SMILES string of the molecule is Cc1ccc([C@@H]2C[C@H](C(F)(F)F)n3nc(C(=O)N[C@H](C)c4ccccc4)c(Cl)c3N2)cc1. The topological polar surface area (TPSA) is 59.0 Å². The molecule has 0 saturated carbocycles. The van der Waals surface area contributed by atoms with E-state index in [4.69, 9.17) is 11.6 Å². The van der Waals surface area contributed by atoms with Gasteiger partial charge in [-0.2, -0.15) is 18.3 Å². The lowest BCUT2D eigenvalue weighted by molar-refractivity contribution is -0.173. The van der Waals surface area contributed by atoms with Crippen molar-refractivity contribution in [1.29, 1.82) is 0 Å². The van der Waals surface area contributed by atoms with E-state index in [9.17, 15) is 18.0 Å². The molecule has 2 N–H and O–H groups in total. The van der Waals surface area contributed by atoms with E-state index in [0.717, 1.165) is 15.8 Å². The fraction of sp³-hybridized carbons (Fsp3) is 0.304. The minimum Gasteiger partial charge on any atom is -0.362 e. The number of carbonyl (C=O) groups excluding carboxylic acids is 1. The molecule has 0 radical (unpaired) electrons. The zero-order valence-corrected chi connectivity index (χ0v) is 18.2. The Morgan fingerprint density at radius 2 is 1.84 bits per heavy atom. The lowest BCUT2D eigenvalue weighted by atomic mass is 9.96. The predicted octanol–water partition coefficient (Wildman–Crippen LogP) is 6.00. The van der Waals surface area contributed by atoms with Crippen molar-refractivity contribution in [2.45, 2.75) is 44.6 Å². The van der Waals surface area contributed by atoms with Gasteiger partial charge in [-0.3, -0.25) is 4.79 Å². The molecule has 0 saturated heterocycles. The number of nitrogens with zero attached hydrogens (tertiary/aromatic N) is 2. The van der Waals surface area contributed by atoms with Gasteiger partial charge in [0.2, 0.25) is 0 Å². The third-order valence-corrected chi connectivity index (χ3v) is 6.00. The molecule has 0 fully saturated rings. The molecule has 0 unspecified atom stereocenters. The van der Waals surface area contributed by atoms with E-state index < -0.39 is 24.2 Å². The molecule has 168 valence electrons. The number of amides is 1. The standard InChI is InChI=1S/C23H22ClF3N4O/c1-13-8-10-16(11-9-13)17-12-18(23(25,26)27)31-21(29-17)19(24)20(30-31)22(32)28-14(2)15-6-4-3-5-7-15/h3-11,14,17-18,29H,12H2,1-2H3,(H,28,32)/t14-,17+,18-/m1/s1. The minimum absolute atomic E-state index is 0.0108. The molecule has 5 nitrogen and oxygen atoms in total. The van der Waals surface area contributed by atoms with E-state index in [1.54, 1.807) is 19.1 Å². The van der Waals surface area contributed by atoms with Gasteiger partial charge in [0, 0.05) is 6.42 Å². The number of nitrogens with one attached hydrogen (secondary N) is 2. The zero-order chi connectivity index (χ0) is 23.0. The summed E-state index contributed by atoms with van der Waals surface area (Å²) in [5.74, 6) is -0.647. The van der Waals surface area contributed by atoms with E-state index in [2.05, 4.69) is 15.7 Å². The van der Waals surface area contributed by atoms with Gasteiger partial charge in [-0.15, -0.1) is 0 Å². The molecule has 1 amide bonds. The van der Waals surface area contributed by atoms with Gasteiger partial charge in [0.05, 0.1) is 12.1 Å². The van der Waals surface area contributed by atoms with Gasteiger partial charge < -0.3 is 10.6 Å². The van der Waals surface area contributed by atoms with E-state index in [-0.39, 0.29) is 29.0 Å². The zero-order valence-electron chi connectivity index (χ0n) is 17.4. The Kier molecular flexibility index (Phi) is 5.90. The van der Waals surface area contributed by atoms with Gasteiger partial charge in [0.25, 0.3) is 5.91 Å². The van der Waals surface area contributed by atoms with Crippen molar-refractivity contribution < 1.29 is 18.0 Å². The number of fused-ring (bicyclic) bond motifs is 1. The number of hydrogen-bond donors (Lipinski definition) is 2. The molecule has 0 spiro atoms. The lowest BCUT2D eigenvalue weighted by Gasteiger charge is -2.33. The second-order valence-electron chi connectivity index (χ2n) is 7.96. The molecule has 2 aromatic carbocycles. The maximum Gasteiger partial charge on any atom is 0.410 e. The number of benzene rings is 2. The van der Waals surface area contributed by atoms with Crippen LogP contribution in [-0.2, 0) is 0 Å². The quantitative estimate of drug-likeness (QED) is 0.500. The molecular weight excluding hydrogens is 441 g/mol. The van der Waals surface area contributed by atoms with Crippen molar-refractivity contribution in [1.82, 2.24) is 15.1 Å². The number of aromatic nitrogens is 2. The maximum atomic E-state index is 13.9. The summed E-state index contributed by atoms with van der Waals surface area (Å²) in [4.78, 5) is 12.8. The first kappa shape index (κ1) is 22.2. The van der Waals surface area contributed by atoms with Gasteiger partial charge in [-0.05, 0) is 25.0 Å². The normalized spacial score (nSPS) is 19.1. The van der Waals surface area contributed by atoms with Crippen molar-refractivity contribution in [3.05, 3.63) is 82.0 Å². The van der Waals surface area contributed by atoms with Crippen molar-refractivity contribution in [2.75, 3.05) is 5.32 Å². The molecule has 3 aromatic rings. The van der Waals surface area contributed by atoms with Gasteiger partial charge in [0.1, 0.15) is 10.8 Å². The Morgan fingerprint density at radius 1 is 1.19 bits per heavy atom. The largest absolute Gasteiger partial charge is 0.410 e. The van der Waals surface area contributed by atoms with Crippen molar-refractivity contribution in [3.63, 3.8) is 0 Å².